The van der Waals surface area contributed by atoms with Gasteiger partial charge < -0.3 is 0 Å². The van der Waals surface area contributed by atoms with Gasteiger partial charge in [-0.15, -0.1) is 0 Å². The molecule has 66 valence electrons. The summed E-state index contributed by atoms with van der Waals surface area (Å²) < 4.78 is 1.07. The lowest BCUT2D eigenvalue weighted by Gasteiger charge is -2.10. The van der Waals surface area contributed by atoms with Gasteiger partial charge in [-0.25, -0.2) is 0 Å². The van der Waals surface area contributed by atoms with E-state index in [-0.39, 0.29) is 0 Å². The maximum absolute atomic E-state index is 6.11. The molecule has 0 radical (unpaired) electrons. The van der Waals surface area contributed by atoms with Crippen LogP contribution < -0.4 is 0 Å². The number of allylic oxidation sites excluding steroid dienone is 4. The van der Waals surface area contributed by atoms with Crippen LogP contribution in [0.15, 0.2) is 47.0 Å². The molecule has 0 heterocycles. The van der Waals surface area contributed by atoms with Crippen LogP contribution in [0, 0.1) is 0 Å². The Labute approximate surface area is 91.0 Å². The van der Waals surface area contributed by atoms with Gasteiger partial charge in [0.25, 0.3) is 0 Å². The normalized spacial score (nSPS) is 15.5. The fraction of sp³-hybridized carbons (Fsp3) is 0.0909. The highest BCUT2D eigenvalue weighted by molar-refractivity contribution is 9.10. The van der Waals surface area contributed by atoms with Gasteiger partial charge in [0.1, 0.15) is 0 Å². The highest BCUT2D eigenvalue weighted by Gasteiger charge is 2.13. The van der Waals surface area contributed by atoms with E-state index in [1.165, 1.54) is 0 Å². The molecule has 13 heavy (non-hydrogen) atoms. The van der Waals surface area contributed by atoms with Crippen LogP contribution in [0.5, 0.6) is 0 Å². The molecule has 1 aromatic carbocycles. The van der Waals surface area contributed by atoms with Gasteiger partial charge in [-0.05, 0) is 17.7 Å². The van der Waals surface area contributed by atoms with Crippen LogP contribution in [0.25, 0.3) is 0 Å². The largest absolute Gasteiger partial charge is 0.0840 e. The maximum Gasteiger partial charge on any atom is 0.0458 e. The fourth-order valence-electron chi connectivity index (χ4n) is 1.45. The van der Waals surface area contributed by atoms with Crippen LogP contribution in [-0.4, -0.2) is 0 Å². The summed E-state index contributed by atoms with van der Waals surface area (Å²) in [4.78, 5) is 0. The number of halogens is 2. The molecule has 0 amide bonds. The molecular weight excluding hydrogens is 247 g/mol. The van der Waals surface area contributed by atoms with E-state index < -0.39 is 0 Å². The minimum absolute atomic E-state index is 0.322. The van der Waals surface area contributed by atoms with Crippen molar-refractivity contribution >= 4 is 27.5 Å². The molecule has 0 aromatic heterocycles. The zero-order chi connectivity index (χ0) is 9.26. The highest BCUT2D eigenvalue weighted by atomic mass is 79.9. The van der Waals surface area contributed by atoms with Crippen LogP contribution >= 0.6 is 27.5 Å². The van der Waals surface area contributed by atoms with E-state index in [4.69, 9.17) is 11.6 Å². The summed E-state index contributed by atoms with van der Waals surface area (Å²) in [5.74, 6) is 0.322. The van der Waals surface area contributed by atoms with Gasteiger partial charge in [-0.1, -0.05) is 57.9 Å². The predicted molar refractivity (Wildman–Crippen MR) is 60.2 cm³/mol. The fourth-order valence-corrected chi connectivity index (χ4v) is 2.50. The second-order valence-corrected chi connectivity index (χ2v) is 4.19. The van der Waals surface area contributed by atoms with Crippen LogP contribution in [0.2, 0.25) is 5.02 Å². The van der Waals surface area contributed by atoms with E-state index >= 15 is 0 Å². The van der Waals surface area contributed by atoms with Crippen LogP contribution in [0.4, 0.5) is 0 Å². The van der Waals surface area contributed by atoms with Crippen molar-refractivity contribution in [2.75, 3.05) is 0 Å². The Bertz CT molecular complexity index is 347. The van der Waals surface area contributed by atoms with Crippen LogP contribution in [-0.2, 0) is 0 Å². The first-order valence-electron chi connectivity index (χ1n) is 4.08. The number of hydrogen-bond acceptors (Lipinski definition) is 0. The Morgan fingerprint density at radius 3 is 2.46 bits per heavy atom. The highest BCUT2D eigenvalue weighted by Crippen LogP contribution is 2.34. The summed E-state index contributed by atoms with van der Waals surface area (Å²) in [6.07, 6.45) is 8.35. The molecule has 0 saturated heterocycles. The van der Waals surface area contributed by atoms with Gasteiger partial charge in [-0.2, -0.15) is 0 Å². The van der Waals surface area contributed by atoms with Crippen molar-refractivity contribution in [1.29, 1.82) is 0 Å². The summed E-state index contributed by atoms with van der Waals surface area (Å²) >= 11 is 9.62. The standard InChI is InChI=1S/C11H8BrCl/c12-9-6-3-7-10(13)11(9)8-4-1-2-5-8/h1-8H. The quantitative estimate of drug-likeness (QED) is 0.701. The molecule has 0 bridgehead atoms. The molecule has 0 unspecified atom stereocenters. The Kier molecular flexibility index (Phi) is 2.56. The first kappa shape index (κ1) is 9.04. The summed E-state index contributed by atoms with van der Waals surface area (Å²) in [6, 6.07) is 5.88. The van der Waals surface area contributed by atoms with Crippen molar-refractivity contribution in [3.63, 3.8) is 0 Å². The molecule has 2 heteroatoms. The summed E-state index contributed by atoms with van der Waals surface area (Å²) in [6.45, 7) is 0. The van der Waals surface area contributed by atoms with Gasteiger partial charge in [0.15, 0.2) is 0 Å². The molecular formula is C11H8BrCl. The molecule has 1 aromatic rings. The zero-order valence-electron chi connectivity index (χ0n) is 6.87. The molecule has 2 rings (SSSR count). The third-order valence-electron chi connectivity index (χ3n) is 2.08. The summed E-state index contributed by atoms with van der Waals surface area (Å²) in [5.41, 5.74) is 1.15. The first-order valence-corrected chi connectivity index (χ1v) is 5.25. The third kappa shape index (κ3) is 1.72. The zero-order valence-corrected chi connectivity index (χ0v) is 9.22. The van der Waals surface area contributed by atoms with Crippen molar-refractivity contribution < 1.29 is 0 Å². The lowest BCUT2D eigenvalue weighted by atomic mass is 10.0. The Morgan fingerprint density at radius 1 is 1.15 bits per heavy atom. The Morgan fingerprint density at radius 2 is 1.85 bits per heavy atom. The molecule has 0 spiro atoms. The monoisotopic (exact) mass is 254 g/mol. The van der Waals surface area contributed by atoms with Crippen molar-refractivity contribution in [3.8, 4) is 0 Å². The molecule has 0 saturated carbocycles. The smallest absolute Gasteiger partial charge is 0.0458 e. The van der Waals surface area contributed by atoms with Crippen molar-refractivity contribution in [3.05, 3.63) is 57.6 Å². The molecule has 0 atom stereocenters. The second kappa shape index (κ2) is 3.69. The lowest BCUT2D eigenvalue weighted by molar-refractivity contribution is 1.09. The van der Waals surface area contributed by atoms with E-state index in [9.17, 15) is 0 Å². The van der Waals surface area contributed by atoms with Gasteiger partial charge in [-0.3, -0.25) is 0 Å². The topological polar surface area (TPSA) is 0 Å². The van der Waals surface area contributed by atoms with Gasteiger partial charge in [0, 0.05) is 15.4 Å². The van der Waals surface area contributed by atoms with Crippen molar-refractivity contribution in [2.45, 2.75) is 5.92 Å². The molecule has 0 N–H and O–H groups in total. The van der Waals surface area contributed by atoms with Crippen molar-refractivity contribution in [1.82, 2.24) is 0 Å². The molecule has 0 nitrogen and oxygen atoms in total. The maximum atomic E-state index is 6.11. The SMILES string of the molecule is Clc1cccc(Br)c1C1C=CC=C1. The average Bonchev–Trinajstić information content (AvgIpc) is 2.57. The molecule has 1 aliphatic carbocycles. The lowest BCUT2D eigenvalue weighted by Crippen LogP contribution is -1.91. The summed E-state index contributed by atoms with van der Waals surface area (Å²) in [5, 5.41) is 0.815. The van der Waals surface area contributed by atoms with Crippen LogP contribution in [0.1, 0.15) is 11.5 Å². The van der Waals surface area contributed by atoms with Crippen LogP contribution in [0.3, 0.4) is 0 Å². The van der Waals surface area contributed by atoms with Gasteiger partial charge >= 0.3 is 0 Å². The van der Waals surface area contributed by atoms with Gasteiger partial charge in [0.2, 0.25) is 0 Å². The van der Waals surface area contributed by atoms with Gasteiger partial charge in [0.05, 0.1) is 0 Å². The number of benzene rings is 1. The van der Waals surface area contributed by atoms with E-state index in [0.717, 1.165) is 15.1 Å². The van der Waals surface area contributed by atoms with E-state index in [0.29, 0.717) is 5.92 Å². The Balaban J connectivity index is 2.49. The third-order valence-corrected chi connectivity index (χ3v) is 3.10. The summed E-state index contributed by atoms with van der Waals surface area (Å²) in [7, 11) is 0. The first-order chi connectivity index (χ1) is 6.29. The number of hydrogen-bond donors (Lipinski definition) is 0. The minimum atomic E-state index is 0.322. The minimum Gasteiger partial charge on any atom is -0.0840 e. The average molecular weight is 256 g/mol. The van der Waals surface area contributed by atoms with E-state index in [2.05, 4.69) is 28.1 Å². The van der Waals surface area contributed by atoms with Crippen molar-refractivity contribution in [2.24, 2.45) is 0 Å². The second-order valence-electron chi connectivity index (χ2n) is 2.93. The molecule has 1 aliphatic rings. The number of rotatable bonds is 1. The molecule has 0 aliphatic heterocycles. The van der Waals surface area contributed by atoms with E-state index in [1.54, 1.807) is 0 Å². The Hall–Kier alpha value is -0.530. The molecule has 0 fully saturated rings. The predicted octanol–water partition coefficient (Wildman–Crippen LogP) is 4.31. The van der Waals surface area contributed by atoms with E-state index in [1.807, 2.05) is 30.4 Å².